The first-order valence-corrected chi connectivity index (χ1v) is 4.20. The Kier molecular flexibility index (Phi) is 3.41. The highest BCUT2D eigenvalue weighted by atomic mass is 35.5. The maximum absolute atomic E-state index is 13.1. The summed E-state index contributed by atoms with van der Waals surface area (Å²) < 4.78 is 25.8. The highest BCUT2D eigenvalue weighted by Crippen LogP contribution is 2.19. The van der Waals surface area contributed by atoms with Crippen molar-refractivity contribution < 1.29 is 18.7 Å². The lowest BCUT2D eigenvalue weighted by Gasteiger charge is -2.05. The third kappa shape index (κ3) is 2.42. The number of aliphatic carboxylic acids is 1. The lowest BCUT2D eigenvalue weighted by molar-refractivity contribution is -0.142. The summed E-state index contributed by atoms with van der Waals surface area (Å²) in [5, 5.41) is 8.13. The number of carboxylic acid groups (broad SMARTS) is 1. The van der Waals surface area contributed by atoms with E-state index in [1.807, 2.05) is 0 Å². The Morgan fingerprint density at radius 3 is 2.79 bits per heavy atom. The zero-order chi connectivity index (χ0) is 10.7. The first-order valence-electron chi connectivity index (χ1n) is 3.82. The van der Waals surface area contributed by atoms with Gasteiger partial charge in [-0.05, 0) is 11.6 Å². The third-order valence-corrected chi connectivity index (χ3v) is 1.99. The van der Waals surface area contributed by atoms with Gasteiger partial charge < -0.3 is 5.11 Å². The summed E-state index contributed by atoms with van der Waals surface area (Å²) in [5.74, 6) is -2.37. The number of carboxylic acids is 1. The molecule has 5 heteroatoms. The van der Waals surface area contributed by atoms with Crippen molar-refractivity contribution in [3.8, 4) is 0 Å². The number of benzene rings is 1. The Balaban J connectivity index is 2.87. The standard InChI is InChI=1S/C9H7ClF2O2/c10-6-3-1-2-5(8(6)12)4-7(11)9(13)14/h1-3,7H,4H2,(H,13,14)/t7-/m0/s1. The van der Waals surface area contributed by atoms with Crippen LogP contribution in [0.1, 0.15) is 5.56 Å². The van der Waals surface area contributed by atoms with Crippen LogP contribution in [0.3, 0.4) is 0 Å². The molecule has 1 aromatic rings. The highest BCUT2D eigenvalue weighted by Gasteiger charge is 2.18. The molecule has 1 N–H and O–H groups in total. The Hall–Kier alpha value is -1.16. The van der Waals surface area contributed by atoms with Crippen molar-refractivity contribution in [2.45, 2.75) is 12.6 Å². The molecular weight excluding hydrogens is 214 g/mol. The molecule has 0 bridgehead atoms. The predicted octanol–water partition coefficient (Wildman–Crippen LogP) is 2.44. The van der Waals surface area contributed by atoms with Crippen molar-refractivity contribution in [1.29, 1.82) is 0 Å². The van der Waals surface area contributed by atoms with Crippen LogP contribution >= 0.6 is 11.6 Å². The summed E-state index contributed by atoms with van der Waals surface area (Å²) in [5.41, 5.74) is -0.0348. The van der Waals surface area contributed by atoms with Gasteiger partial charge in [-0.1, -0.05) is 23.7 Å². The minimum absolute atomic E-state index is 0.0348. The van der Waals surface area contributed by atoms with Gasteiger partial charge in [0.05, 0.1) is 5.02 Å². The van der Waals surface area contributed by atoms with E-state index in [1.165, 1.54) is 18.2 Å². The molecule has 1 rings (SSSR count). The number of hydrogen-bond acceptors (Lipinski definition) is 1. The van der Waals surface area contributed by atoms with E-state index in [2.05, 4.69) is 0 Å². The van der Waals surface area contributed by atoms with Crippen molar-refractivity contribution in [3.63, 3.8) is 0 Å². The topological polar surface area (TPSA) is 37.3 Å². The molecular formula is C9H7ClF2O2. The number of carbonyl (C=O) groups is 1. The van der Waals surface area contributed by atoms with Crippen LogP contribution in [0.25, 0.3) is 0 Å². The summed E-state index contributed by atoms with van der Waals surface area (Å²) in [4.78, 5) is 10.2. The van der Waals surface area contributed by atoms with Crippen LogP contribution in [-0.4, -0.2) is 17.2 Å². The van der Waals surface area contributed by atoms with Crippen molar-refractivity contribution in [2.24, 2.45) is 0 Å². The molecule has 0 saturated heterocycles. The van der Waals surface area contributed by atoms with Crippen molar-refractivity contribution >= 4 is 17.6 Å². The molecule has 1 atom stereocenters. The number of rotatable bonds is 3. The monoisotopic (exact) mass is 220 g/mol. The van der Waals surface area contributed by atoms with Crippen molar-refractivity contribution in [2.75, 3.05) is 0 Å². The van der Waals surface area contributed by atoms with Crippen molar-refractivity contribution in [1.82, 2.24) is 0 Å². The molecule has 1 aromatic carbocycles. The molecule has 0 radical (unpaired) electrons. The van der Waals surface area contributed by atoms with Crippen molar-refractivity contribution in [3.05, 3.63) is 34.6 Å². The summed E-state index contributed by atoms with van der Waals surface area (Å²) in [7, 11) is 0. The molecule has 0 aliphatic carbocycles. The van der Waals surface area contributed by atoms with Crippen LogP contribution in [-0.2, 0) is 11.2 Å². The fourth-order valence-electron chi connectivity index (χ4n) is 0.986. The molecule has 2 nitrogen and oxygen atoms in total. The predicted molar refractivity (Wildman–Crippen MR) is 47.6 cm³/mol. The van der Waals surface area contributed by atoms with Gasteiger partial charge in [0.1, 0.15) is 5.82 Å². The molecule has 0 aliphatic rings. The van der Waals surface area contributed by atoms with Gasteiger partial charge in [-0.2, -0.15) is 0 Å². The van der Waals surface area contributed by atoms with Crippen LogP contribution in [0.5, 0.6) is 0 Å². The molecule has 0 saturated carbocycles. The Labute approximate surface area is 84.1 Å². The first kappa shape index (κ1) is 10.9. The maximum atomic E-state index is 13.1. The molecule has 0 fully saturated rings. The minimum Gasteiger partial charge on any atom is -0.479 e. The van der Waals surface area contributed by atoms with Gasteiger partial charge in [0.15, 0.2) is 0 Å². The van der Waals surface area contributed by atoms with Gasteiger partial charge in [-0.3, -0.25) is 0 Å². The second-order valence-electron chi connectivity index (χ2n) is 2.72. The lowest BCUT2D eigenvalue weighted by atomic mass is 10.1. The summed E-state index contributed by atoms with van der Waals surface area (Å²) in [6.45, 7) is 0. The Bertz CT molecular complexity index is 355. The summed E-state index contributed by atoms with van der Waals surface area (Å²) >= 11 is 5.43. The zero-order valence-corrected chi connectivity index (χ0v) is 7.76. The van der Waals surface area contributed by atoms with E-state index in [9.17, 15) is 13.6 Å². The molecule has 0 aliphatic heterocycles. The van der Waals surface area contributed by atoms with E-state index in [1.54, 1.807) is 0 Å². The second kappa shape index (κ2) is 4.37. The highest BCUT2D eigenvalue weighted by molar-refractivity contribution is 6.30. The number of halogens is 3. The third-order valence-electron chi connectivity index (χ3n) is 1.70. The molecule has 76 valence electrons. The van der Waals surface area contributed by atoms with Gasteiger partial charge in [0.25, 0.3) is 0 Å². The summed E-state index contributed by atoms with van der Waals surface area (Å²) in [6.07, 6.45) is -2.62. The van der Waals surface area contributed by atoms with Gasteiger partial charge in [0.2, 0.25) is 6.17 Å². The van der Waals surface area contributed by atoms with Crippen LogP contribution in [0.15, 0.2) is 18.2 Å². The van der Waals surface area contributed by atoms with Gasteiger partial charge in [-0.15, -0.1) is 0 Å². The van der Waals surface area contributed by atoms with Crippen LogP contribution in [0.2, 0.25) is 5.02 Å². The lowest BCUT2D eigenvalue weighted by Crippen LogP contribution is -2.17. The minimum atomic E-state index is -2.11. The first-order chi connectivity index (χ1) is 6.52. The average molecular weight is 221 g/mol. The largest absolute Gasteiger partial charge is 0.479 e. The Morgan fingerprint density at radius 1 is 1.57 bits per heavy atom. The van der Waals surface area contributed by atoms with Crippen LogP contribution in [0, 0.1) is 5.82 Å². The normalized spacial score (nSPS) is 12.5. The molecule has 0 aromatic heterocycles. The quantitative estimate of drug-likeness (QED) is 0.850. The molecule has 0 heterocycles. The van der Waals surface area contributed by atoms with Gasteiger partial charge in [0, 0.05) is 6.42 Å². The summed E-state index contributed by atoms with van der Waals surface area (Å²) in [6, 6.07) is 4.06. The Morgan fingerprint density at radius 2 is 2.21 bits per heavy atom. The van der Waals surface area contributed by atoms with Crippen LogP contribution in [0.4, 0.5) is 8.78 Å². The van der Waals surface area contributed by atoms with E-state index in [-0.39, 0.29) is 10.6 Å². The molecule has 0 amide bonds. The fourth-order valence-corrected chi connectivity index (χ4v) is 1.18. The molecule has 0 unspecified atom stereocenters. The van der Waals surface area contributed by atoms with Gasteiger partial charge >= 0.3 is 5.97 Å². The van der Waals surface area contributed by atoms with E-state index < -0.39 is 24.4 Å². The SMILES string of the molecule is O=C(O)[C@@H](F)Cc1cccc(Cl)c1F. The molecule has 0 spiro atoms. The van der Waals surface area contributed by atoms with E-state index >= 15 is 0 Å². The molecule has 14 heavy (non-hydrogen) atoms. The van der Waals surface area contributed by atoms with Crippen LogP contribution < -0.4 is 0 Å². The second-order valence-corrected chi connectivity index (χ2v) is 3.13. The maximum Gasteiger partial charge on any atom is 0.338 e. The average Bonchev–Trinajstić information content (AvgIpc) is 2.12. The fraction of sp³-hybridized carbons (Fsp3) is 0.222. The van der Waals surface area contributed by atoms with E-state index in [4.69, 9.17) is 16.7 Å². The number of alkyl halides is 1. The van der Waals surface area contributed by atoms with E-state index in [0.717, 1.165) is 0 Å². The van der Waals surface area contributed by atoms with E-state index in [0.29, 0.717) is 0 Å². The zero-order valence-electron chi connectivity index (χ0n) is 7.01. The number of hydrogen-bond donors (Lipinski definition) is 1. The smallest absolute Gasteiger partial charge is 0.338 e. The van der Waals surface area contributed by atoms with Gasteiger partial charge in [-0.25, -0.2) is 13.6 Å².